The molecule has 27 heavy (non-hydrogen) atoms. The third kappa shape index (κ3) is 3.75. The zero-order valence-corrected chi connectivity index (χ0v) is 16.5. The van der Waals surface area contributed by atoms with Crippen molar-refractivity contribution in [2.24, 2.45) is 0 Å². The number of nitrogens with one attached hydrogen (secondary N) is 1. The maximum Gasteiger partial charge on any atom is 0.248 e. The summed E-state index contributed by atoms with van der Waals surface area (Å²) in [5.41, 5.74) is 5.56. The highest BCUT2D eigenvalue weighted by Crippen LogP contribution is 2.34. The number of carbonyl (C=O) groups is 1. The lowest BCUT2D eigenvalue weighted by molar-refractivity contribution is -0.111. The summed E-state index contributed by atoms with van der Waals surface area (Å²) in [5, 5.41) is 4.01. The van der Waals surface area contributed by atoms with Crippen molar-refractivity contribution in [2.45, 2.75) is 34.1 Å². The number of aryl methyl sites for hydroxylation is 3. The van der Waals surface area contributed by atoms with E-state index in [0.717, 1.165) is 51.1 Å². The van der Waals surface area contributed by atoms with E-state index in [4.69, 9.17) is 9.15 Å². The molecule has 1 heterocycles. The second-order valence-electron chi connectivity index (χ2n) is 6.66. The number of fused-ring (bicyclic) bond motifs is 1. The van der Waals surface area contributed by atoms with E-state index < -0.39 is 0 Å². The zero-order valence-electron chi connectivity index (χ0n) is 16.5. The molecule has 0 radical (unpaired) electrons. The molecule has 0 atom stereocenters. The predicted octanol–water partition coefficient (Wildman–Crippen LogP) is 5.66. The fourth-order valence-electron chi connectivity index (χ4n) is 3.24. The van der Waals surface area contributed by atoms with Crippen LogP contribution in [0.15, 0.2) is 46.9 Å². The van der Waals surface area contributed by atoms with Gasteiger partial charge in [-0.25, -0.2) is 0 Å². The number of ether oxygens (including phenoxy) is 1. The zero-order chi connectivity index (χ0) is 19.6. The van der Waals surface area contributed by atoms with Crippen molar-refractivity contribution in [3.8, 4) is 5.75 Å². The van der Waals surface area contributed by atoms with Crippen LogP contribution < -0.4 is 10.1 Å². The molecule has 4 heteroatoms. The highest BCUT2D eigenvalue weighted by molar-refractivity contribution is 6.05. The minimum absolute atomic E-state index is 0.157. The lowest BCUT2D eigenvalue weighted by Gasteiger charge is -2.11. The van der Waals surface area contributed by atoms with Gasteiger partial charge >= 0.3 is 0 Å². The molecule has 1 N–H and O–H groups in total. The second kappa shape index (κ2) is 7.70. The number of methoxy groups -OCH3 is 1. The highest BCUT2D eigenvalue weighted by atomic mass is 16.5. The summed E-state index contributed by atoms with van der Waals surface area (Å²) < 4.78 is 11.3. The number of para-hydroxylation sites is 1. The van der Waals surface area contributed by atoms with E-state index in [1.807, 2.05) is 57.2 Å². The first kappa shape index (κ1) is 18.8. The van der Waals surface area contributed by atoms with Crippen molar-refractivity contribution >= 4 is 28.1 Å². The molecule has 0 saturated heterocycles. The Labute approximate surface area is 159 Å². The molecule has 0 aliphatic rings. The topological polar surface area (TPSA) is 51.5 Å². The molecule has 1 amide bonds. The summed E-state index contributed by atoms with van der Waals surface area (Å²) in [6, 6.07) is 11.7. The Morgan fingerprint density at radius 2 is 1.96 bits per heavy atom. The number of rotatable bonds is 5. The van der Waals surface area contributed by atoms with Crippen molar-refractivity contribution < 1.29 is 13.9 Å². The maximum absolute atomic E-state index is 12.6. The van der Waals surface area contributed by atoms with Crippen LogP contribution in [0.1, 0.15) is 36.3 Å². The molecule has 0 saturated carbocycles. The third-order valence-corrected chi connectivity index (χ3v) is 4.93. The fraction of sp³-hybridized carbons (Fsp3) is 0.261. The molecule has 0 unspecified atom stereocenters. The van der Waals surface area contributed by atoms with Crippen LogP contribution in [-0.4, -0.2) is 13.0 Å². The molecule has 140 valence electrons. The number of hydrogen-bond donors (Lipinski definition) is 1. The van der Waals surface area contributed by atoms with Crippen molar-refractivity contribution in [1.29, 1.82) is 0 Å². The largest absolute Gasteiger partial charge is 0.496 e. The molecular formula is C23H25NO3. The Morgan fingerprint density at radius 1 is 1.22 bits per heavy atom. The Bertz CT molecular complexity index is 1030. The van der Waals surface area contributed by atoms with Gasteiger partial charge in [-0.1, -0.05) is 25.1 Å². The standard InChI is InChI=1S/C23H25NO3/c1-6-17-9-7-8-10-20(17)24-23(25)11-14(2)18-12-19-15(3)16(4)27-22(19)13-21(18)26-5/h7-13H,6H2,1-5H3,(H,24,25)/b14-11+. The Hall–Kier alpha value is -3.01. The van der Waals surface area contributed by atoms with Gasteiger partial charge in [0.1, 0.15) is 17.1 Å². The molecule has 3 aromatic rings. The predicted molar refractivity (Wildman–Crippen MR) is 110 cm³/mol. The molecule has 1 aromatic heterocycles. The van der Waals surface area contributed by atoms with E-state index in [9.17, 15) is 4.79 Å². The van der Waals surface area contributed by atoms with Crippen LogP contribution in [0.25, 0.3) is 16.5 Å². The first-order chi connectivity index (χ1) is 12.9. The molecular weight excluding hydrogens is 338 g/mol. The van der Waals surface area contributed by atoms with Gasteiger partial charge in [0.05, 0.1) is 7.11 Å². The normalized spacial score (nSPS) is 11.7. The molecule has 0 bridgehead atoms. The van der Waals surface area contributed by atoms with Crippen LogP contribution in [0.5, 0.6) is 5.75 Å². The van der Waals surface area contributed by atoms with E-state index in [1.54, 1.807) is 13.2 Å². The molecule has 0 aliphatic heterocycles. The summed E-state index contributed by atoms with van der Waals surface area (Å²) in [4.78, 5) is 12.6. The Kier molecular flexibility index (Phi) is 5.36. The molecule has 3 rings (SSSR count). The first-order valence-corrected chi connectivity index (χ1v) is 9.09. The minimum Gasteiger partial charge on any atom is -0.496 e. The van der Waals surface area contributed by atoms with Gasteiger partial charge < -0.3 is 14.5 Å². The summed E-state index contributed by atoms with van der Waals surface area (Å²) in [6.45, 7) is 7.96. The number of allylic oxidation sites excluding steroid dienone is 1. The minimum atomic E-state index is -0.157. The van der Waals surface area contributed by atoms with Crippen molar-refractivity contribution in [3.05, 3.63) is 64.9 Å². The first-order valence-electron chi connectivity index (χ1n) is 9.09. The summed E-state index contributed by atoms with van der Waals surface area (Å²) >= 11 is 0. The SMILES string of the molecule is CCc1ccccc1NC(=O)/C=C(\C)c1cc2c(C)c(C)oc2cc1OC. The van der Waals surface area contributed by atoms with Gasteiger partial charge in [0.25, 0.3) is 0 Å². The smallest absolute Gasteiger partial charge is 0.248 e. The van der Waals surface area contributed by atoms with Gasteiger partial charge in [0.2, 0.25) is 5.91 Å². The summed E-state index contributed by atoms with van der Waals surface area (Å²) in [5.74, 6) is 1.42. The number of amides is 1. The Balaban J connectivity index is 1.95. The second-order valence-corrected chi connectivity index (χ2v) is 6.66. The quantitative estimate of drug-likeness (QED) is 0.595. The lowest BCUT2D eigenvalue weighted by atomic mass is 10.0. The van der Waals surface area contributed by atoms with E-state index >= 15 is 0 Å². The molecule has 2 aromatic carbocycles. The molecule has 0 spiro atoms. The maximum atomic E-state index is 12.6. The average molecular weight is 363 g/mol. The highest BCUT2D eigenvalue weighted by Gasteiger charge is 2.14. The van der Waals surface area contributed by atoms with Gasteiger partial charge in [-0.2, -0.15) is 0 Å². The fourth-order valence-corrected chi connectivity index (χ4v) is 3.24. The summed E-state index contributed by atoms with van der Waals surface area (Å²) in [6.07, 6.45) is 2.47. The molecule has 0 fully saturated rings. The monoisotopic (exact) mass is 363 g/mol. The van der Waals surface area contributed by atoms with Gasteiger partial charge in [-0.15, -0.1) is 0 Å². The van der Waals surface area contributed by atoms with Crippen LogP contribution >= 0.6 is 0 Å². The van der Waals surface area contributed by atoms with Gasteiger partial charge in [-0.05, 0) is 56.0 Å². The third-order valence-electron chi connectivity index (χ3n) is 4.93. The van der Waals surface area contributed by atoms with Crippen LogP contribution in [0, 0.1) is 13.8 Å². The number of hydrogen-bond acceptors (Lipinski definition) is 3. The average Bonchev–Trinajstić information content (AvgIpc) is 2.94. The lowest BCUT2D eigenvalue weighted by Crippen LogP contribution is -2.10. The van der Waals surface area contributed by atoms with Crippen LogP contribution in [0.4, 0.5) is 5.69 Å². The number of carbonyl (C=O) groups excluding carboxylic acids is 1. The molecule has 0 aliphatic carbocycles. The van der Waals surface area contributed by atoms with Crippen molar-refractivity contribution in [1.82, 2.24) is 0 Å². The van der Waals surface area contributed by atoms with E-state index in [1.165, 1.54) is 0 Å². The van der Waals surface area contributed by atoms with Crippen LogP contribution in [0.2, 0.25) is 0 Å². The number of anilines is 1. The number of furan rings is 1. The van der Waals surface area contributed by atoms with Gasteiger partial charge in [0.15, 0.2) is 0 Å². The van der Waals surface area contributed by atoms with Gasteiger partial charge in [0, 0.05) is 28.8 Å². The van der Waals surface area contributed by atoms with Crippen molar-refractivity contribution in [3.63, 3.8) is 0 Å². The molecule has 4 nitrogen and oxygen atoms in total. The van der Waals surface area contributed by atoms with Crippen molar-refractivity contribution in [2.75, 3.05) is 12.4 Å². The van der Waals surface area contributed by atoms with E-state index in [2.05, 4.69) is 12.2 Å². The van der Waals surface area contributed by atoms with Crippen LogP contribution in [-0.2, 0) is 11.2 Å². The van der Waals surface area contributed by atoms with Gasteiger partial charge in [-0.3, -0.25) is 4.79 Å². The summed E-state index contributed by atoms with van der Waals surface area (Å²) in [7, 11) is 1.62. The Morgan fingerprint density at radius 3 is 2.67 bits per heavy atom. The van der Waals surface area contributed by atoms with E-state index in [-0.39, 0.29) is 5.91 Å². The van der Waals surface area contributed by atoms with E-state index in [0.29, 0.717) is 5.75 Å². The number of benzene rings is 2. The van der Waals surface area contributed by atoms with Crippen LogP contribution in [0.3, 0.4) is 0 Å².